The number of nitrogens with one attached hydrogen (secondary N) is 1. The van der Waals surface area contributed by atoms with Crippen molar-refractivity contribution in [3.63, 3.8) is 0 Å². The molecule has 7 aromatic rings. The summed E-state index contributed by atoms with van der Waals surface area (Å²) < 4.78 is 28.9. The first-order valence-electron chi connectivity index (χ1n) is 14.4. The number of nitrogen functional groups attached to an aromatic ring is 1. The Morgan fingerprint density at radius 3 is 2.51 bits per heavy atom. The van der Waals surface area contributed by atoms with E-state index in [9.17, 15) is 14.0 Å². The van der Waals surface area contributed by atoms with Gasteiger partial charge in [-0.2, -0.15) is 5.10 Å². The Labute approximate surface area is 266 Å². The van der Waals surface area contributed by atoms with E-state index in [1.165, 1.54) is 35.2 Å². The summed E-state index contributed by atoms with van der Waals surface area (Å²) >= 11 is 0. The van der Waals surface area contributed by atoms with Crippen molar-refractivity contribution in [3.05, 3.63) is 131 Å². The molecule has 232 valence electrons. The summed E-state index contributed by atoms with van der Waals surface area (Å²) in [6.07, 6.45) is 6.44. The third-order valence-corrected chi connectivity index (χ3v) is 7.56. The van der Waals surface area contributed by atoms with Gasteiger partial charge in [-0.3, -0.25) is 18.8 Å². The first-order valence-corrected chi connectivity index (χ1v) is 14.4. The maximum atomic E-state index is 13.4. The first kappa shape index (κ1) is 29.2. The van der Waals surface area contributed by atoms with Crippen LogP contribution in [0.1, 0.15) is 15.9 Å². The molecule has 0 aliphatic rings. The summed E-state index contributed by atoms with van der Waals surface area (Å²) in [6, 6.07) is 21.1. The molecule has 3 N–H and O–H groups in total. The Morgan fingerprint density at radius 1 is 1.00 bits per heavy atom. The van der Waals surface area contributed by atoms with Gasteiger partial charge in [0.15, 0.2) is 0 Å². The lowest BCUT2D eigenvalue weighted by molar-refractivity contribution is 0.102. The zero-order valence-corrected chi connectivity index (χ0v) is 25.1. The van der Waals surface area contributed by atoms with Crippen LogP contribution in [0.15, 0.2) is 113 Å². The van der Waals surface area contributed by atoms with Crippen LogP contribution in [0.4, 0.5) is 15.8 Å². The standard InChI is InChI=1S/C35H26FN7O4/c1-20-14-15-43(26-10-6-23(36)7-11-26)35(45)28(20)32(44)41-25-8-12-27(13-9-25)46-33-30-29(21-4-3-5-24(37)16-21)31(22-17-40-42(2)18-22)47-34(30)39-19-38-33/h3-19H,37H2,1-2H3,(H,41,44). The number of rotatable bonds is 7. The molecule has 0 fully saturated rings. The molecule has 0 bridgehead atoms. The number of aryl methyl sites for hydroxylation is 2. The molecule has 7 rings (SSSR count). The lowest BCUT2D eigenvalue weighted by Gasteiger charge is -2.12. The maximum absolute atomic E-state index is 13.4. The quantitative estimate of drug-likeness (QED) is 0.190. The fraction of sp³-hybridized carbons (Fsp3) is 0.0571. The highest BCUT2D eigenvalue weighted by atomic mass is 19.1. The molecule has 0 atom stereocenters. The number of fused-ring (bicyclic) bond motifs is 1. The molecule has 4 aromatic heterocycles. The third kappa shape index (κ3) is 5.59. The van der Waals surface area contributed by atoms with E-state index in [4.69, 9.17) is 14.9 Å². The minimum Gasteiger partial charge on any atom is -0.438 e. The molecular weight excluding hydrogens is 601 g/mol. The van der Waals surface area contributed by atoms with Crippen molar-refractivity contribution >= 4 is 28.4 Å². The molecule has 3 aromatic carbocycles. The number of anilines is 2. The molecule has 0 saturated heterocycles. The van der Waals surface area contributed by atoms with Gasteiger partial charge in [0.2, 0.25) is 11.6 Å². The molecule has 1 amide bonds. The number of furan rings is 1. The molecule has 0 unspecified atom stereocenters. The summed E-state index contributed by atoms with van der Waals surface area (Å²) in [6.45, 7) is 1.68. The average Bonchev–Trinajstić information content (AvgIpc) is 3.67. The highest BCUT2D eigenvalue weighted by Crippen LogP contribution is 2.44. The van der Waals surface area contributed by atoms with Crippen LogP contribution in [-0.4, -0.2) is 30.2 Å². The van der Waals surface area contributed by atoms with Gasteiger partial charge in [0, 0.05) is 42.1 Å². The minimum atomic E-state index is -0.580. The Morgan fingerprint density at radius 2 is 1.79 bits per heavy atom. The van der Waals surface area contributed by atoms with Crippen LogP contribution in [-0.2, 0) is 7.05 Å². The lowest BCUT2D eigenvalue weighted by Crippen LogP contribution is -2.29. The van der Waals surface area contributed by atoms with Crippen molar-refractivity contribution < 1.29 is 18.3 Å². The number of ether oxygens (including phenoxy) is 1. The van der Waals surface area contributed by atoms with Crippen LogP contribution in [0.5, 0.6) is 11.6 Å². The van der Waals surface area contributed by atoms with Crippen molar-refractivity contribution in [1.29, 1.82) is 0 Å². The number of nitrogens with zero attached hydrogens (tertiary/aromatic N) is 5. The van der Waals surface area contributed by atoms with E-state index >= 15 is 0 Å². The van der Waals surface area contributed by atoms with E-state index < -0.39 is 17.3 Å². The van der Waals surface area contributed by atoms with E-state index in [1.807, 2.05) is 31.4 Å². The van der Waals surface area contributed by atoms with Gasteiger partial charge in [-0.15, -0.1) is 0 Å². The zero-order valence-electron chi connectivity index (χ0n) is 25.1. The van der Waals surface area contributed by atoms with Crippen LogP contribution < -0.4 is 21.3 Å². The number of nitrogens with two attached hydrogens (primary N) is 1. The van der Waals surface area contributed by atoms with Gasteiger partial charge in [-0.05, 0) is 84.8 Å². The van der Waals surface area contributed by atoms with Gasteiger partial charge in [0.05, 0.1) is 11.8 Å². The Hall–Kier alpha value is -6.56. The van der Waals surface area contributed by atoms with Crippen molar-refractivity contribution in [2.24, 2.45) is 7.05 Å². The summed E-state index contributed by atoms with van der Waals surface area (Å²) in [4.78, 5) is 35.3. The van der Waals surface area contributed by atoms with Gasteiger partial charge < -0.3 is 20.2 Å². The number of amides is 1. The number of hydrogen-bond acceptors (Lipinski definition) is 8. The van der Waals surface area contributed by atoms with Crippen molar-refractivity contribution in [1.82, 2.24) is 24.3 Å². The second-order valence-electron chi connectivity index (χ2n) is 10.8. The molecule has 0 saturated carbocycles. The number of carbonyl (C=O) groups is 1. The largest absolute Gasteiger partial charge is 0.438 e. The van der Waals surface area contributed by atoms with E-state index in [-0.39, 0.29) is 11.4 Å². The molecule has 12 heteroatoms. The lowest BCUT2D eigenvalue weighted by atomic mass is 10.0. The topological polar surface area (TPSA) is 143 Å². The maximum Gasteiger partial charge on any atom is 0.268 e. The van der Waals surface area contributed by atoms with Gasteiger partial charge in [-0.1, -0.05) is 12.1 Å². The average molecular weight is 628 g/mol. The number of hydrogen-bond donors (Lipinski definition) is 2. The fourth-order valence-corrected chi connectivity index (χ4v) is 5.31. The highest BCUT2D eigenvalue weighted by molar-refractivity contribution is 6.05. The van der Waals surface area contributed by atoms with Gasteiger partial charge >= 0.3 is 0 Å². The molecule has 11 nitrogen and oxygen atoms in total. The van der Waals surface area contributed by atoms with Crippen LogP contribution >= 0.6 is 0 Å². The van der Waals surface area contributed by atoms with Crippen molar-refractivity contribution in [2.45, 2.75) is 6.92 Å². The Kier molecular flexibility index (Phi) is 7.29. The van der Waals surface area contributed by atoms with E-state index in [0.29, 0.717) is 50.8 Å². The number of pyridine rings is 1. The van der Waals surface area contributed by atoms with Crippen LogP contribution in [0.2, 0.25) is 0 Å². The monoisotopic (exact) mass is 627 g/mol. The number of aromatic nitrogens is 5. The van der Waals surface area contributed by atoms with Crippen LogP contribution in [0.25, 0.3) is 39.2 Å². The normalized spacial score (nSPS) is 11.1. The molecule has 47 heavy (non-hydrogen) atoms. The predicted molar refractivity (Wildman–Crippen MR) is 175 cm³/mol. The van der Waals surface area contributed by atoms with Crippen LogP contribution in [0.3, 0.4) is 0 Å². The van der Waals surface area contributed by atoms with Gasteiger partial charge in [-0.25, -0.2) is 14.4 Å². The second kappa shape index (κ2) is 11.7. The summed E-state index contributed by atoms with van der Waals surface area (Å²) in [5, 5.41) is 7.62. The Bertz CT molecular complexity index is 2340. The van der Waals surface area contributed by atoms with Crippen molar-refractivity contribution in [2.75, 3.05) is 11.1 Å². The zero-order chi connectivity index (χ0) is 32.7. The van der Waals surface area contributed by atoms with E-state index in [0.717, 1.165) is 11.1 Å². The number of halogens is 1. The molecule has 0 aliphatic heterocycles. The molecule has 0 radical (unpaired) electrons. The van der Waals surface area contributed by atoms with Gasteiger partial charge in [0.1, 0.15) is 34.6 Å². The molecular formula is C35H26FN7O4. The predicted octanol–water partition coefficient (Wildman–Crippen LogP) is 6.52. The molecule has 0 aliphatic carbocycles. The smallest absolute Gasteiger partial charge is 0.268 e. The minimum absolute atomic E-state index is 0.0287. The molecule has 0 spiro atoms. The van der Waals surface area contributed by atoms with Gasteiger partial charge in [0.25, 0.3) is 11.5 Å². The first-order chi connectivity index (χ1) is 22.7. The second-order valence-corrected chi connectivity index (χ2v) is 10.8. The summed E-state index contributed by atoms with van der Waals surface area (Å²) in [5.74, 6) is 0.217. The Balaban J connectivity index is 1.19. The summed E-state index contributed by atoms with van der Waals surface area (Å²) in [7, 11) is 1.82. The SMILES string of the molecule is Cc1ccn(-c2ccc(F)cc2)c(=O)c1C(=O)Nc1ccc(Oc2ncnc3oc(-c4cnn(C)c4)c(-c4cccc(N)c4)c23)cc1. The highest BCUT2D eigenvalue weighted by Gasteiger charge is 2.24. The third-order valence-electron chi connectivity index (χ3n) is 7.56. The van der Waals surface area contributed by atoms with Crippen molar-refractivity contribution in [3.8, 4) is 39.8 Å². The number of carbonyl (C=O) groups excluding carboxylic acids is 1. The fourth-order valence-electron chi connectivity index (χ4n) is 5.31. The van der Waals surface area contributed by atoms with E-state index in [2.05, 4.69) is 20.4 Å². The van der Waals surface area contributed by atoms with Crippen LogP contribution in [0, 0.1) is 12.7 Å². The summed E-state index contributed by atoms with van der Waals surface area (Å²) in [5.41, 5.74) is 10.1. The van der Waals surface area contributed by atoms with E-state index in [1.54, 1.807) is 60.4 Å². The number of benzene rings is 3. The molecule has 4 heterocycles.